The molecule has 2 atom stereocenters. The van der Waals surface area contributed by atoms with E-state index in [0.717, 1.165) is 40.3 Å². The summed E-state index contributed by atoms with van der Waals surface area (Å²) in [4.78, 5) is 28.2. The summed E-state index contributed by atoms with van der Waals surface area (Å²) in [5.41, 5.74) is -3.90. The van der Waals surface area contributed by atoms with Gasteiger partial charge in [0.05, 0.1) is 39.0 Å². The van der Waals surface area contributed by atoms with Gasteiger partial charge in [-0.15, -0.1) is 0 Å². The fraction of sp³-hybridized carbons (Fsp3) is 0.320. The van der Waals surface area contributed by atoms with Crippen LogP contribution < -0.4 is 4.90 Å². The molecule has 1 heterocycles. The Labute approximate surface area is 253 Å². The molecule has 1 N–H and O–H groups in total. The molecule has 2 aromatic rings. The van der Waals surface area contributed by atoms with E-state index in [0.29, 0.717) is 0 Å². The number of sulfone groups is 1. The van der Waals surface area contributed by atoms with Crippen LogP contribution in [0.15, 0.2) is 58.6 Å². The molecule has 214 valence electrons. The molecule has 2 amide bonds. The van der Waals surface area contributed by atoms with Gasteiger partial charge in [-0.05, 0) is 36.8 Å². The number of urea groups is 1. The fourth-order valence-corrected chi connectivity index (χ4v) is 6.95. The third-order valence-electron chi connectivity index (χ3n) is 6.44. The second-order valence-corrected chi connectivity index (χ2v) is 13.4. The van der Waals surface area contributed by atoms with Crippen LogP contribution in [0.25, 0.3) is 0 Å². The number of allylic oxidation sites excluding steroid dienone is 1. The topological polar surface area (TPSA) is 119 Å². The molecule has 2 aromatic carbocycles. The molecular weight excluding hydrogens is 751 g/mol. The van der Waals surface area contributed by atoms with E-state index in [4.69, 9.17) is 0 Å². The van der Waals surface area contributed by atoms with Crippen molar-refractivity contribution in [3.8, 4) is 6.07 Å². The van der Waals surface area contributed by atoms with Crippen molar-refractivity contribution in [1.29, 1.82) is 5.26 Å². The van der Waals surface area contributed by atoms with E-state index in [1.807, 2.05) is 6.07 Å². The predicted octanol–water partition coefficient (Wildman–Crippen LogP) is 6.03. The Morgan fingerprint density at radius 3 is 2.35 bits per heavy atom. The number of hydrogen-bond acceptors (Lipinski definition) is 5. The summed E-state index contributed by atoms with van der Waals surface area (Å²) in [6.07, 6.45) is -3.99. The average Bonchev–Trinajstić information content (AvgIpc) is 2.89. The van der Waals surface area contributed by atoms with Crippen LogP contribution in [0.1, 0.15) is 23.1 Å². The Bertz CT molecular complexity index is 1540. The molecule has 15 heteroatoms. The van der Waals surface area contributed by atoms with Gasteiger partial charge in [0.1, 0.15) is 5.54 Å². The molecule has 40 heavy (non-hydrogen) atoms. The van der Waals surface area contributed by atoms with Crippen LogP contribution >= 0.6 is 47.8 Å². The van der Waals surface area contributed by atoms with Crippen LogP contribution in [-0.2, 0) is 26.3 Å². The highest BCUT2D eigenvalue weighted by Crippen LogP contribution is 2.50. The zero-order valence-electron chi connectivity index (χ0n) is 20.8. The normalized spacial score (nSPS) is 19.0. The maximum Gasteiger partial charge on any atom is 0.416 e. The third kappa shape index (κ3) is 5.81. The van der Waals surface area contributed by atoms with Gasteiger partial charge < -0.3 is 10.0 Å². The number of carboxylic acid groups (broad SMARTS) is 1. The molecule has 1 aliphatic heterocycles. The van der Waals surface area contributed by atoms with Crippen molar-refractivity contribution < 1.29 is 36.3 Å². The number of benzene rings is 2. The number of nitriles is 1. The van der Waals surface area contributed by atoms with Gasteiger partial charge in [0.2, 0.25) is 0 Å². The lowest BCUT2D eigenvalue weighted by Gasteiger charge is -2.51. The lowest BCUT2D eigenvalue weighted by atomic mass is 9.75. The predicted molar refractivity (Wildman–Crippen MR) is 153 cm³/mol. The first-order chi connectivity index (χ1) is 18.5. The van der Waals surface area contributed by atoms with Crippen LogP contribution in [0.5, 0.6) is 0 Å². The summed E-state index contributed by atoms with van der Waals surface area (Å²) >= 11 is 9.98. The summed E-state index contributed by atoms with van der Waals surface area (Å²) in [7, 11) is -2.82. The van der Waals surface area contributed by atoms with Crippen LogP contribution in [-0.4, -0.2) is 59.2 Å². The molecule has 1 aliphatic rings. The molecule has 0 saturated heterocycles. The molecular formula is C25H21Br3F3N3O5S. The first kappa shape index (κ1) is 32.1. The number of nitrogens with zero attached hydrogens (tertiary/aromatic N) is 3. The van der Waals surface area contributed by atoms with Crippen molar-refractivity contribution >= 4 is 75.3 Å². The number of anilines is 1. The zero-order valence-corrected chi connectivity index (χ0v) is 26.4. The van der Waals surface area contributed by atoms with Crippen molar-refractivity contribution in [2.75, 3.05) is 28.9 Å². The minimum atomic E-state index is -4.73. The average molecular weight is 772 g/mol. The quantitative estimate of drug-likeness (QED) is 0.328. The number of amides is 2. The van der Waals surface area contributed by atoms with Crippen molar-refractivity contribution in [1.82, 2.24) is 4.90 Å². The molecule has 1 unspecified atom stereocenters. The van der Waals surface area contributed by atoms with Gasteiger partial charge in [0.15, 0.2) is 9.84 Å². The van der Waals surface area contributed by atoms with E-state index in [-0.39, 0.29) is 44.5 Å². The number of carbonyl (C=O) groups is 2. The maximum absolute atomic E-state index is 14.1. The third-order valence-corrected chi connectivity index (χ3v) is 10.4. The highest BCUT2D eigenvalue weighted by molar-refractivity contribution is 9.12. The number of alkyl halides is 6. The largest absolute Gasteiger partial charge is 0.478 e. The molecule has 0 aliphatic carbocycles. The van der Waals surface area contributed by atoms with Gasteiger partial charge in [-0.1, -0.05) is 59.9 Å². The minimum Gasteiger partial charge on any atom is -0.478 e. The first-order valence-electron chi connectivity index (χ1n) is 11.3. The number of rotatable bonds is 8. The lowest BCUT2D eigenvalue weighted by molar-refractivity contribution is -0.137. The maximum atomic E-state index is 14.1. The molecule has 0 saturated carbocycles. The van der Waals surface area contributed by atoms with Gasteiger partial charge in [-0.2, -0.15) is 18.4 Å². The van der Waals surface area contributed by atoms with Crippen molar-refractivity contribution in [3.05, 3.63) is 70.4 Å². The smallest absolute Gasteiger partial charge is 0.416 e. The Morgan fingerprint density at radius 1 is 1.20 bits per heavy atom. The summed E-state index contributed by atoms with van der Waals surface area (Å²) < 4.78 is 66.5. The lowest BCUT2D eigenvalue weighted by Crippen LogP contribution is -2.61. The van der Waals surface area contributed by atoms with Crippen LogP contribution in [0, 0.1) is 11.3 Å². The highest BCUT2D eigenvalue weighted by atomic mass is 79.9. The molecule has 3 rings (SSSR count). The van der Waals surface area contributed by atoms with Crippen molar-refractivity contribution in [2.24, 2.45) is 0 Å². The Kier molecular flexibility index (Phi) is 9.50. The number of halogens is 6. The van der Waals surface area contributed by atoms with E-state index in [1.165, 1.54) is 25.2 Å². The fourth-order valence-electron chi connectivity index (χ4n) is 4.74. The monoisotopic (exact) mass is 769 g/mol. The van der Waals surface area contributed by atoms with Gasteiger partial charge in [-0.25, -0.2) is 18.0 Å². The van der Waals surface area contributed by atoms with E-state index in [1.54, 1.807) is 0 Å². The second kappa shape index (κ2) is 11.8. The summed E-state index contributed by atoms with van der Waals surface area (Å²) in [6, 6.07) is 8.57. The van der Waals surface area contributed by atoms with E-state index in [9.17, 15) is 41.5 Å². The number of hydrogen-bond donors (Lipinski definition) is 1. The molecule has 0 bridgehead atoms. The second-order valence-electron chi connectivity index (χ2n) is 8.90. The zero-order chi connectivity index (χ0) is 30.2. The van der Waals surface area contributed by atoms with Gasteiger partial charge in [-0.3, -0.25) is 4.90 Å². The van der Waals surface area contributed by atoms with Crippen molar-refractivity contribution in [2.45, 2.75) is 27.9 Å². The summed E-state index contributed by atoms with van der Waals surface area (Å²) in [5.74, 6) is -1.52. The number of likely N-dealkylation sites (N-methyl/N-ethyl adjacent to an activating group) is 1. The Balaban J connectivity index is 2.54. The molecule has 0 radical (unpaired) electrons. The molecule has 0 fully saturated rings. The van der Waals surface area contributed by atoms with Crippen LogP contribution in [0.2, 0.25) is 0 Å². The van der Waals surface area contributed by atoms with Crippen LogP contribution in [0.4, 0.5) is 23.7 Å². The number of carboxylic acids is 1. The number of aliphatic carboxylic acids is 1. The Hall–Kier alpha value is -2.41. The Morgan fingerprint density at radius 2 is 1.85 bits per heavy atom. The molecule has 0 spiro atoms. The highest BCUT2D eigenvalue weighted by Gasteiger charge is 2.55. The SMILES string of the molecule is CN1C(=O)N(c2cccc(C(F)(F)F)c2)C(CBr)=C(C(=O)O)[C@@]1(CC(Br)CBr)c1ccc(C#N)cc1S(C)(=O)=O. The van der Waals surface area contributed by atoms with E-state index < -0.39 is 49.5 Å². The van der Waals surface area contributed by atoms with Crippen LogP contribution in [0.3, 0.4) is 0 Å². The van der Waals surface area contributed by atoms with Crippen molar-refractivity contribution in [3.63, 3.8) is 0 Å². The van der Waals surface area contributed by atoms with Gasteiger partial charge in [0.25, 0.3) is 0 Å². The van der Waals surface area contributed by atoms with Gasteiger partial charge >= 0.3 is 18.2 Å². The molecule has 8 nitrogen and oxygen atoms in total. The van der Waals surface area contributed by atoms with E-state index >= 15 is 0 Å². The summed E-state index contributed by atoms with van der Waals surface area (Å²) in [6.45, 7) is 0. The van der Waals surface area contributed by atoms with Gasteiger partial charge in [0, 0.05) is 34.4 Å². The van der Waals surface area contributed by atoms with E-state index in [2.05, 4.69) is 47.8 Å². The standard InChI is InChI=1S/C25H21Br3F3N3O5S/c1-33-23(37)34(17-5-3-4-15(9-17)25(29,30)31)19(12-27)21(22(35)36)24(33,10-16(28)11-26)18-7-6-14(13-32)8-20(18)40(2,38)39/h3-9,16H,10-12H2,1-2H3,(H,35,36)/t16?,24-/m1/s1. The number of carbonyl (C=O) groups excluding carboxylic acids is 1. The summed E-state index contributed by atoms with van der Waals surface area (Å²) in [5, 5.41) is 20.0. The molecule has 0 aromatic heterocycles. The first-order valence-corrected chi connectivity index (χ1v) is 16.3. The minimum absolute atomic E-state index is 0.00726.